The van der Waals surface area contributed by atoms with Crippen molar-refractivity contribution < 1.29 is 155 Å². The molecule has 27 heteroatoms. The molecule has 4 saturated heterocycles. The standard InChI is InChI=1S/C11H20O4.C11H18O4.C8H15NO2.2C7H12O2.C5H10O2.4C2H4O2.C2H6.2Rh/c1-2-13-14-8-9-7-10(9)15-11-5-3-4-6-12-11;1-2-13-11(12)8-7-9(8)15-10-5-3-4-6-14-10;9-6-5-7(6)11-8-3-1-2-4-10-8;1-3-9-7(8)6-4-5(6)2;1-2-8-7-5-3-4-6-9-7;1-3-5(6)7-4-2;4*1-2(3)4;1-2;;/h9-11H,2-8H2,1H3;8-10H,2-7H2,1H3;6-8H,1-5,9H2;5-6H,3-4H2,1-2H3;2,7H,1,3-6H2;3-4H2,1-2H3;4*1H3,(H,3,4);1-2H3;;. The zero-order valence-electron chi connectivity index (χ0n) is 53.3. The van der Waals surface area contributed by atoms with Crippen LogP contribution < -0.4 is 5.73 Å². The predicted octanol–water partition coefficient (Wildman–Crippen LogP) is 9.22. The molecule has 4 heterocycles. The first-order valence-corrected chi connectivity index (χ1v) is 30.0. The quantitative estimate of drug-likeness (QED) is 0.0162. The molecule has 25 nitrogen and oxygen atoms in total. The van der Waals surface area contributed by atoms with Crippen LogP contribution in [0.25, 0.3) is 0 Å². The summed E-state index contributed by atoms with van der Waals surface area (Å²) in [7, 11) is 0. The molecule has 12 atom stereocenters. The smallest absolute Gasteiger partial charge is 0.311 e. The van der Waals surface area contributed by atoms with Gasteiger partial charge in [0.05, 0.1) is 76.1 Å². The zero-order valence-corrected chi connectivity index (χ0v) is 56.6. The summed E-state index contributed by atoms with van der Waals surface area (Å²) in [5, 5.41) is 29.7. The van der Waals surface area contributed by atoms with E-state index in [1.54, 1.807) is 13.8 Å². The van der Waals surface area contributed by atoms with Crippen LogP contribution in [0.1, 0.15) is 192 Å². The van der Waals surface area contributed by atoms with Crippen LogP contribution in [0, 0.1) is 23.7 Å². The molecule has 8 aliphatic rings. The van der Waals surface area contributed by atoms with Crippen molar-refractivity contribution in [1.82, 2.24) is 0 Å². The maximum absolute atomic E-state index is 11.3. The van der Waals surface area contributed by atoms with Gasteiger partial charge in [-0.15, -0.1) is 0 Å². The second kappa shape index (κ2) is 60.6. The average Bonchev–Trinajstić information content (AvgIpc) is 4.43. The van der Waals surface area contributed by atoms with Crippen LogP contribution in [0.2, 0.25) is 0 Å². The number of ether oxygens (including phenoxy) is 11. The van der Waals surface area contributed by atoms with E-state index in [2.05, 4.69) is 18.2 Å². The molecular formula is C59H109NO24Rh2. The van der Waals surface area contributed by atoms with E-state index in [9.17, 15) is 14.4 Å². The molecule has 4 saturated carbocycles. The van der Waals surface area contributed by atoms with Gasteiger partial charge >= 0.3 is 17.9 Å². The number of carbonyl (C=O) groups excluding carboxylic acids is 3. The van der Waals surface area contributed by atoms with Gasteiger partial charge in [-0.1, -0.05) is 34.3 Å². The molecule has 512 valence electrons. The third kappa shape index (κ3) is 60.9. The maximum atomic E-state index is 11.3. The van der Waals surface area contributed by atoms with Gasteiger partial charge in [-0.3, -0.25) is 33.6 Å². The molecule has 6 N–H and O–H groups in total. The van der Waals surface area contributed by atoms with Crippen LogP contribution in [0.5, 0.6) is 0 Å². The van der Waals surface area contributed by atoms with Crippen molar-refractivity contribution in [3.8, 4) is 0 Å². The Labute approximate surface area is 537 Å². The number of carboxylic acids is 4. The minimum atomic E-state index is -0.833. The first kappa shape index (κ1) is 91.4. The molecule has 0 amide bonds. The third-order valence-corrected chi connectivity index (χ3v) is 11.5. The van der Waals surface area contributed by atoms with Gasteiger partial charge in [0.15, 0.2) is 25.2 Å². The van der Waals surface area contributed by atoms with Crippen LogP contribution in [0.15, 0.2) is 12.8 Å². The number of nitrogens with two attached hydrogens (primary N) is 1. The van der Waals surface area contributed by atoms with Crippen LogP contribution >= 0.6 is 0 Å². The summed E-state index contributed by atoms with van der Waals surface area (Å²) in [6, 6.07) is 0.278. The summed E-state index contributed by atoms with van der Waals surface area (Å²) in [5.41, 5.74) is 5.60. The van der Waals surface area contributed by atoms with Crippen LogP contribution in [-0.2, 0) is 134 Å². The predicted molar refractivity (Wildman–Crippen MR) is 309 cm³/mol. The Balaban J connectivity index is -0.000000291. The molecule has 2 radical (unpaired) electrons. The molecule has 0 spiro atoms. The van der Waals surface area contributed by atoms with E-state index in [4.69, 9.17) is 102 Å². The second-order valence-corrected chi connectivity index (χ2v) is 19.5. The van der Waals surface area contributed by atoms with E-state index in [1.165, 1.54) is 38.4 Å². The number of esters is 3. The van der Waals surface area contributed by atoms with Crippen molar-refractivity contribution in [3.05, 3.63) is 12.8 Å². The average molecular weight is 1420 g/mol. The molecule has 0 aromatic rings. The molecule has 4 aliphatic heterocycles. The number of carboxylic acid groups (broad SMARTS) is 4. The minimum Gasteiger partial charge on any atom is -0.481 e. The normalized spacial score (nSPS) is 26.0. The number of rotatable bonds is 18. The summed E-state index contributed by atoms with van der Waals surface area (Å²) in [4.78, 5) is 78.1. The van der Waals surface area contributed by atoms with E-state index < -0.39 is 23.9 Å². The van der Waals surface area contributed by atoms with E-state index >= 15 is 0 Å². The van der Waals surface area contributed by atoms with Gasteiger partial charge in [0.2, 0.25) is 0 Å². The van der Waals surface area contributed by atoms with Gasteiger partial charge < -0.3 is 78.3 Å². The molecule has 4 aliphatic carbocycles. The summed E-state index contributed by atoms with van der Waals surface area (Å²) in [6.45, 7) is 29.0. The fourth-order valence-electron chi connectivity index (χ4n) is 7.08. The summed E-state index contributed by atoms with van der Waals surface area (Å²) >= 11 is 0. The van der Waals surface area contributed by atoms with Crippen molar-refractivity contribution in [1.29, 1.82) is 0 Å². The molecule has 8 rings (SSSR count). The van der Waals surface area contributed by atoms with E-state index in [0.717, 1.165) is 125 Å². The maximum Gasteiger partial charge on any atom is 0.311 e. The van der Waals surface area contributed by atoms with Crippen molar-refractivity contribution in [3.63, 3.8) is 0 Å². The number of hydrogen-bond acceptors (Lipinski definition) is 21. The minimum absolute atomic E-state index is 0. The first-order chi connectivity index (χ1) is 40.0. The van der Waals surface area contributed by atoms with Crippen LogP contribution in [-0.4, -0.2) is 171 Å². The number of aliphatic carboxylic acids is 4. The fourth-order valence-corrected chi connectivity index (χ4v) is 7.08. The van der Waals surface area contributed by atoms with Gasteiger partial charge in [0.25, 0.3) is 23.9 Å². The van der Waals surface area contributed by atoms with Crippen LogP contribution in [0.3, 0.4) is 0 Å². The monoisotopic (exact) mass is 1420 g/mol. The van der Waals surface area contributed by atoms with Crippen molar-refractivity contribution in [2.75, 3.05) is 59.5 Å². The Hall–Kier alpha value is -3.32. The summed E-state index contributed by atoms with van der Waals surface area (Å²) in [6.07, 6.45) is 19.9. The Morgan fingerprint density at radius 1 is 0.500 bits per heavy atom. The second-order valence-electron chi connectivity index (χ2n) is 19.5. The van der Waals surface area contributed by atoms with Crippen molar-refractivity contribution >= 4 is 41.8 Å². The number of carbonyl (C=O) groups is 7. The summed E-state index contributed by atoms with van der Waals surface area (Å²) in [5.74, 6) is -2.34. The first-order valence-electron chi connectivity index (χ1n) is 30.0. The SMILES string of the molecule is C=COC1CCCCO1.CC.CC(=O)O.CC(=O)O.CC(=O)O.CC(=O)O.CCOC(=O)C1CC1C.CCOC(=O)C1CC1OC1CCCCO1.CCOC(=O)CC.CCOOCC1CC1OC1CCCCO1.NC1CC1OC1CCCCO1.[Rh].[Rh]. The Bertz CT molecular complexity index is 1630. The fraction of sp³-hybridized carbons (Fsp3) is 0.847. The van der Waals surface area contributed by atoms with Gasteiger partial charge in [0, 0.05) is 111 Å². The van der Waals surface area contributed by atoms with Gasteiger partial charge in [-0.25, -0.2) is 9.78 Å². The van der Waals surface area contributed by atoms with Gasteiger partial charge in [0.1, 0.15) is 0 Å². The number of hydrogen-bond donors (Lipinski definition) is 5. The van der Waals surface area contributed by atoms with E-state index in [-0.39, 0.29) is 112 Å². The topological polar surface area (TPSA) is 346 Å². The largest absolute Gasteiger partial charge is 0.481 e. The van der Waals surface area contributed by atoms with E-state index in [1.807, 2.05) is 34.6 Å². The molecule has 0 bridgehead atoms. The Morgan fingerprint density at radius 2 is 0.849 bits per heavy atom. The molecule has 12 unspecified atom stereocenters. The molecule has 8 fully saturated rings. The third-order valence-electron chi connectivity index (χ3n) is 11.5. The molecular weight excluding hydrogens is 1310 g/mol. The summed E-state index contributed by atoms with van der Waals surface area (Å²) < 4.78 is 57.9. The van der Waals surface area contributed by atoms with Crippen LogP contribution in [0.4, 0.5) is 0 Å². The van der Waals surface area contributed by atoms with Crippen molar-refractivity contribution in [2.24, 2.45) is 29.4 Å². The molecule has 0 aromatic carbocycles. The van der Waals surface area contributed by atoms with Crippen molar-refractivity contribution in [2.45, 2.75) is 242 Å². The van der Waals surface area contributed by atoms with Gasteiger partial charge in [-0.05, 0) is 130 Å². The van der Waals surface area contributed by atoms with E-state index in [0.29, 0.717) is 57.4 Å². The zero-order chi connectivity index (χ0) is 64.3. The van der Waals surface area contributed by atoms with Gasteiger partial charge in [-0.2, -0.15) is 0 Å². The Morgan fingerprint density at radius 3 is 1.14 bits per heavy atom. The molecule has 0 aromatic heterocycles. The molecule has 86 heavy (non-hydrogen) atoms. The Kier molecular flexibility index (Phi) is 64.4.